The molecule has 3 saturated heterocycles. The third kappa shape index (κ3) is 8.90. The first kappa shape index (κ1) is 42.6. The molecule has 2 aromatic heterocycles. The Morgan fingerprint density at radius 2 is 1.71 bits per heavy atom. The molecule has 3 fully saturated rings. The molecule has 1 N–H and O–H groups in total. The maximum atomic E-state index is 14.5. The van der Waals surface area contributed by atoms with E-state index in [1.165, 1.54) is 14.0 Å². The summed E-state index contributed by atoms with van der Waals surface area (Å²) in [5.74, 6) is -4.85. The van der Waals surface area contributed by atoms with Gasteiger partial charge >= 0.3 is 12.1 Å². The van der Waals surface area contributed by atoms with Gasteiger partial charge in [0.15, 0.2) is 23.8 Å². The quantitative estimate of drug-likeness (QED) is 0.209. The number of rotatable bonds is 10. The Balaban J connectivity index is 1.44. The number of unbranched alkanes of at least 4 members (excludes halogenated alkanes) is 1. The van der Waals surface area contributed by atoms with Crippen LogP contribution in [0.3, 0.4) is 0 Å². The minimum atomic E-state index is -1.25. The smallest absolute Gasteiger partial charge is 0.410 e. The fourth-order valence-electron chi connectivity index (χ4n) is 8.81. The Hall–Kier alpha value is -3.50. The third-order valence-corrected chi connectivity index (χ3v) is 12.1. The van der Waals surface area contributed by atoms with Crippen LogP contribution in [0.4, 0.5) is 4.79 Å². The van der Waals surface area contributed by atoms with Gasteiger partial charge in [0.05, 0.1) is 35.7 Å². The van der Waals surface area contributed by atoms with Crippen molar-refractivity contribution >= 4 is 34.8 Å². The molecule has 0 aliphatic carbocycles. The van der Waals surface area contributed by atoms with Crippen LogP contribution >= 0.6 is 0 Å². The molecule has 5 rings (SSSR count). The lowest BCUT2D eigenvalue weighted by Crippen LogP contribution is -2.59. The largest absolute Gasteiger partial charge is 0.458 e. The molecule has 13 atom stereocenters. The number of hydrogen-bond acceptors (Lipinski definition) is 13. The molecule has 3 aliphatic heterocycles. The summed E-state index contributed by atoms with van der Waals surface area (Å²) in [6.45, 7) is 13.2. The van der Waals surface area contributed by atoms with E-state index in [9.17, 15) is 24.3 Å². The van der Waals surface area contributed by atoms with Gasteiger partial charge in [-0.25, -0.2) is 14.8 Å². The Morgan fingerprint density at radius 1 is 1.00 bits per heavy atom. The number of amides is 1. The molecule has 3 aliphatic rings. The molecular weight excluding hydrogens is 710 g/mol. The van der Waals surface area contributed by atoms with Gasteiger partial charge < -0.3 is 43.2 Å². The van der Waals surface area contributed by atoms with E-state index in [1.54, 1.807) is 38.2 Å². The number of pyridine rings is 1. The second-order valence-corrected chi connectivity index (χ2v) is 16.3. The van der Waals surface area contributed by atoms with Gasteiger partial charge in [0.25, 0.3) is 0 Å². The molecule has 306 valence electrons. The minimum absolute atomic E-state index is 0.139. The molecule has 2 aromatic rings. The zero-order valence-corrected chi connectivity index (χ0v) is 34.0. The second-order valence-electron chi connectivity index (χ2n) is 16.3. The van der Waals surface area contributed by atoms with Crippen LogP contribution in [-0.2, 0) is 44.6 Å². The average molecular weight is 772 g/mol. The molecule has 15 nitrogen and oxygen atoms in total. The third-order valence-electron chi connectivity index (χ3n) is 12.1. The molecule has 55 heavy (non-hydrogen) atoms. The van der Waals surface area contributed by atoms with Gasteiger partial charge in [-0.15, -0.1) is 0 Å². The van der Waals surface area contributed by atoms with Gasteiger partial charge in [-0.3, -0.25) is 14.4 Å². The van der Waals surface area contributed by atoms with Crippen LogP contribution in [0.25, 0.3) is 11.2 Å². The summed E-state index contributed by atoms with van der Waals surface area (Å²) >= 11 is 0. The van der Waals surface area contributed by atoms with Gasteiger partial charge in [0, 0.05) is 50.2 Å². The fourth-order valence-corrected chi connectivity index (χ4v) is 8.81. The number of carbonyl (C=O) groups excluding carboxylic acids is 4. The second kappa shape index (κ2) is 17.7. The number of esters is 1. The van der Waals surface area contributed by atoms with Crippen molar-refractivity contribution in [3.8, 4) is 0 Å². The number of carbonyl (C=O) groups is 4. The van der Waals surface area contributed by atoms with E-state index in [4.69, 9.17) is 23.7 Å². The van der Waals surface area contributed by atoms with Crippen molar-refractivity contribution in [1.82, 2.24) is 24.3 Å². The number of ether oxygens (including phenoxy) is 5. The highest BCUT2D eigenvalue weighted by Crippen LogP contribution is 2.39. The number of likely N-dealkylation sites (N-methyl/N-ethyl adjacent to an activating group) is 1. The van der Waals surface area contributed by atoms with Crippen molar-refractivity contribution in [2.24, 2.45) is 23.7 Å². The number of methoxy groups -OCH3 is 1. The van der Waals surface area contributed by atoms with Gasteiger partial charge in [-0.05, 0) is 79.1 Å². The first-order chi connectivity index (χ1) is 26.0. The van der Waals surface area contributed by atoms with Crippen LogP contribution < -0.4 is 0 Å². The molecule has 0 aromatic carbocycles. The van der Waals surface area contributed by atoms with Gasteiger partial charge in [-0.2, -0.15) is 0 Å². The van der Waals surface area contributed by atoms with Crippen LogP contribution in [0.2, 0.25) is 0 Å². The van der Waals surface area contributed by atoms with Crippen LogP contribution in [0, 0.1) is 23.7 Å². The Morgan fingerprint density at radius 3 is 2.38 bits per heavy atom. The number of aromatic nitrogens is 3. The maximum absolute atomic E-state index is 14.5. The molecule has 0 bridgehead atoms. The molecule has 0 saturated carbocycles. The Labute approximate surface area is 324 Å². The number of cyclic esters (lactones) is 1. The van der Waals surface area contributed by atoms with Gasteiger partial charge in [-0.1, -0.05) is 27.7 Å². The summed E-state index contributed by atoms with van der Waals surface area (Å²) in [5.41, 5.74) is 0.326. The standard InChI is InChI=1S/C40H61N5O10/c1-11-29-34-30(45(39(50)54-34)18-13-12-17-44-21-42-36-27(44)15-14-16-41-36)24(4)31(46)22(2)20-40(7,51-10)35(25(5)32(47)26(6)37(49)53-29)55-38-33(48)28(43(8)9)19-23(3)52-38/h14-16,21-26,28-30,33-35,38,48H,11-13,17-20H2,1-10H3/t22-,23-,24-,25+,26-,28+,29-,30-,33-,34-,35-,38?,40+/m1/s1. The fraction of sp³-hybridized carbons (Fsp3) is 0.750. The summed E-state index contributed by atoms with van der Waals surface area (Å²) in [6.07, 6.45) is -0.0841. The van der Waals surface area contributed by atoms with E-state index >= 15 is 0 Å². The predicted octanol–water partition coefficient (Wildman–Crippen LogP) is 4.03. The number of imidazole rings is 1. The van der Waals surface area contributed by atoms with Crippen molar-refractivity contribution in [1.29, 1.82) is 0 Å². The zero-order chi connectivity index (χ0) is 40.4. The number of nitrogens with zero attached hydrogens (tertiary/aromatic N) is 5. The first-order valence-electron chi connectivity index (χ1n) is 19.7. The van der Waals surface area contributed by atoms with Crippen molar-refractivity contribution in [2.45, 2.75) is 142 Å². The topological polar surface area (TPSA) is 172 Å². The number of hydrogen-bond donors (Lipinski definition) is 1. The number of fused-ring (bicyclic) bond motifs is 2. The highest BCUT2D eigenvalue weighted by Gasteiger charge is 2.54. The zero-order valence-electron chi connectivity index (χ0n) is 34.0. The van der Waals surface area contributed by atoms with Crippen LogP contribution in [0.1, 0.15) is 80.6 Å². The van der Waals surface area contributed by atoms with Gasteiger partial charge in [0.2, 0.25) is 0 Å². The van der Waals surface area contributed by atoms with Crippen molar-refractivity contribution in [2.75, 3.05) is 27.7 Å². The predicted molar refractivity (Wildman–Crippen MR) is 202 cm³/mol. The van der Waals surface area contributed by atoms with Crippen molar-refractivity contribution in [3.63, 3.8) is 0 Å². The highest BCUT2D eigenvalue weighted by atomic mass is 16.7. The van der Waals surface area contributed by atoms with Crippen molar-refractivity contribution < 1.29 is 48.0 Å². The normalized spacial score (nSPS) is 36.8. The summed E-state index contributed by atoms with van der Waals surface area (Å²) in [7, 11) is 5.24. The van der Waals surface area contributed by atoms with Crippen LogP contribution in [0.15, 0.2) is 24.7 Å². The van der Waals surface area contributed by atoms with E-state index in [1.807, 2.05) is 56.5 Å². The average Bonchev–Trinajstić information content (AvgIpc) is 3.73. The van der Waals surface area contributed by atoms with Crippen LogP contribution in [0.5, 0.6) is 0 Å². The van der Waals surface area contributed by atoms with E-state index in [-0.39, 0.29) is 30.8 Å². The molecular formula is C40H61N5O10. The lowest BCUT2D eigenvalue weighted by atomic mass is 9.75. The monoisotopic (exact) mass is 771 g/mol. The SMILES string of the molecule is CC[C@H]1OC(=O)[C@H](C)C(=O)[C@H](C)[C@@H](OC2O[C@H](C)C[C@H](N(C)C)[C@H]2O)[C@@](C)(OC)C[C@@H](C)C(=O)[C@H](C)[C@@H]2[C@@H]1OC(=O)N2CCCCn1cnc2ncccc21. The number of ketones is 2. The van der Waals surface area contributed by atoms with E-state index in [0.29, 0.717) is 38.0 Å². The van der Waals surface area contributed by atoms with E-state index < -0.39 is 83.9 Å². The first-order valence-corrected chi connectivity index (χ1v) is 19.7. The molecule has 5 heterocycles. The maximum Gasteiger partial charge on any atom is 0.410 e. The summed E-state index contributed by atoms with van der Waals surface area (Å²) < 4.78 is 32.9. The summed E-state index contributed by atoms with van der Waals surface area (Å²) in [4.78, 5) is 68.3. The minimum Gasteiger partial charge on any atom is -0.458 e. The van der Waals surface area contributed by atoms with Crippen molar-refractivity contribution in [3.05, 3.63) is 24.7 Å². The molecule has 1 amide bonds. The molecule has 1 unspecified atom stereocenters. The summed E-state index contributed by atoms with van der Waals surface area (Å²) in [5, 5.41) is 11.4. The lowest BCUT2D eigenvalue weighted by molar-refractivity contribution is -0.295. The van der Waals surface area contributed by atoms with Crippen LogP contribution in [-0.4, -0.2) is 135 Å². The molecule has 0 spiro atoms. The van der Waals surface area contributed by atoms with E-state index in [0.717, 1.165) is 5.52 Å². The number of Topliss-reactive ketones (excluding diaryl/α,β-unsaturated/α-hetero) is 2. The highest BCUT2D eigenvalue weighted by molar-refractivity contribution is 6.00. The number of aliphatic hydroxyl groups excluding tert-OH is 1. The Bertz CT molecular complexity index is 1670. The van der Waals surface area contributed by atoms with E-state index in [2.05, 4.69) is 9.97 Å². The Kier molecular flexibility index (Phi) is 13.8. The number of aliphatic hydroxyl groups is 1. The van der Waals surface area contributed by atoms with Gasteiger partial charge in [0.1, 0.15) is 23.9 Å². The lowest BCUT2D eigenvalue weighted by Gasteiger charge is -2.47. The summed E-state index contributed by atoms with van der Waals surface area (Å²) in [6, 6.07) is 2.81. The molecule has 0 radical (unpaired) electrons. The number of aryl methyl sites for hydroxylation is 1. The molecule has 15 heteroatoms.